The summed E-state index contributed by atoms with van der Waals surface area (Å²) in [5, 5.41) is 3.55. The van der Waals surface area contributed by atoms with Crippen molar-refractivity contribution in [3.63, 3.8) is 0 Å². The third-order valence-electron chi connectivity index (χ3n) is 2.69. The molecule has 0 saturated heterocycles. The first-order valence-electron chi connectivity index (χ1n) is 5.67. The molecule has 0 aliphatic rings. The molecular formula is C13H14BrNO4. The van der Waals surface area contributed by atoms with Crippen molar-refractivity contribution in [2.45, 2.75) is 6.29 Å². The van der Waals surface area contributed by atoms with E-state index in [9.17, 15) is 4.79 Å². The van der Waals surface area contributed by atoms with Crippen LogP contribution in [0.25, 0.3) is 11.0 Å². The minimum Gasteiger partial charge on any atom is -0.451 e. The van der Waals surface area contributed by atoms with Gasteiger partial charge in [0.05, 0.1) is 6.54 Å². The van der Waals surface area contributed by atoms with Gasteiger partial charge in [0, 0.05) is 24.1 Å². The van der Waals surface area contributed by atoms with E-state index >= 15 is 0 Å². The van der Waals surface area contributed by atoms with E-state index in [0.29, 0.717) is 5.58 Å². The van der Waals surface area contributed by atoms with Crippen molar-refractivity contribution in [1.29, 1.82) is 0 Å². The monoisotopic (exact) mass is 327 g/mol. The van der Waals surface area contributed by atoms with Gasteiger partial charge in [-0.15, -0.1) is 0 Å². The third-order valence-corrected chi connectivity index (χ3v) is 3.38. The Balaban J connectivity index is 2.11. The fourth-order valence-corrected chi connectivity index (χ4v) is 2.13. The zero-order chi connectivity index (χ0) is 13.8. The summed E-state index contributed by atoms with van der Waals surface area (Å²) in [5.74, 6) is -0.0462. The molecule has 1 amide bonds. The number of nitrogens with one attached hydrogen (secondary N) is 1. The number of amides is 1. The Morgan fingerprint density at radius 3 is 2.79 bits per heavy atom. The number of carbonyl (C=O) groups excluding carboxylic acids is 1. The summed E-state index contributed by atoms with van der Waals surface area (Å²) in [6.45, 7) is 0.254. The van der Waals surface area contributed by atoms with E-state index in [1.54, 1.807) is 6.07 Å². The molecule has 1 aromatic heterocycles. The Hall–Kier alpha value is -1.37. The van der Waals surface area contributed by atoms with Crippen LogP contribution in [-0.4, -0.2) is 33.0 Å². The Kier molecular flexibility index (Phi) is 4.57. The van der Waals surface area contributed by atoms with Crippen LogP contribution in [0.2, 0.25) is 0 Å². The van der Waals surface area contributed by atoms with Gasteiger partial charge in [-0.1, -0.05) is 22.0 Å². The first-order valence-corrected chi connectivity index (χ1v) is 6.47. The lowest BCUT2D eigenvalue weighted by molar-refractivity contribution is -0.0975. The van der Waals surface area contributed by atoms with Gasteiger partial charge in [0.1, 0.15) is 5.58 Å². The van der Waals surface area contributed by atoms with Crippen molar-refractivity contribution in [3.8, 4) is 0 Å². The van der Waals surface area contributed by atoms with Gasteiger partial charge in [0.2, 0.25) is 0 Å². The summed E-state index contributed by atoms with van der Waals surface area (Å²) in [7, 11) is 3.03. The standard InChI is InChI=1S/C13H14BrNO4/c1-17-12(18-2)7-15-13(16)11-6-8-9(14)4-3-5-10(8)19-11/h3-6,12H,7H2,1-2H3,(H,15,16). The van der Waals surface area contributed by atoms with Crippen LogP contribution in [0.5, 0.6) is 0 Å². The predicted octanol–water partition coefficient (Wildman–Crippen LogP) is 2.54. The normalized spacial score (nSPS) is 11.2. The molecule has 1 heterocycles. The molecule has 0 bridgehead atoms. The molecule has 0 aliphatic carbocycles. The molecule has 6 heteroatoms. The minimum absolute atomic E-state index is 0.254. The smallest absolute Gasteiger partial charge is 0.287 e. The van der Waals surface area contributed by atoms with Crippen LogP contribution in [0.3, 0.4) is 0 Å². The van der Waals surface area contributed by atoms with E-state index in [0.717, 1.165) is 9.86 Å². The second-order valence-corrected chi connectivity index (χ2v) is 4.73. The summed E-state index contributed by atoms with van der Waals surface area (Å²) < 4.78 is 16.4. The predicted molar refractivity (Wildman–Crippen MR) is 74.1 cm³/mol. The van der Waals surface area contributed by atoms with E-state index < -0.39 is 6.29 Å². The molecule has 5 nitrogen and oxygen atoms in total. The second kappa shape index (κ2) is 6.18. The number of carbonyl (C=O) groups is 1. The van der Waals surface area contributed by atoms with Crippen molar-refractivity contribution in [1.82, 2.24) is 5.32 Å². The zero-order valence-corrected chi connectivity index (χ0v) is 12.2. The molecule has 19 heavy (non-hydrogen) atoms. The maximum absolute atomic E-state index is 11.9. The highest BCUT2D eigenvalue weighted by molar-refractivity contribution is 9.10. The molecule has 1 N–H and O–H groups in total. The molecule has 2 aromatic rings. The number of furan rings is 1. The Labute approximate surface area is 119 Å². The maximum Gasteiger partial charge on any atom is 0.287 e. The molecule has 102 valence electrons. The lowest BCUT2D eigenvalue weighted by Gasteiger charge is -2.13. The minimum atomic E-state index is -0.472. The number of halogens is 1. The van der Waals surface area contributed by atoms with Crippen molar-refractivity contribution in [2.75, 3.05) is 20.8 Å². The molecule has 0 radical (unpaired) electrons. The highest BCUT2D eigenvalue weighted by Crippen LogP contribution is 2.26. The van der Waals surface area contributed by atoms with Gasteiger partial charge in [0.25, 0.3) is 5.91 Å². The van der Waals surface area contributed by atoms with Crippen molar-refractivity contribution < 1.29 is 18.7 Å². The van der Waals surface area contributed by atoms with Crippen molar-refractivity contribution in [2.24, 2.45) is 0 Å². The van der Waals surface area contributed by atoms with E-state index in [4.69, 9.17) is 13.9 Å². The molecule has 0 saturated carbocycles. The Morgan fingerprint density at radius 2 is 2.16 bits per heavy atom. The molecule has 0 fully saturated rings. The van der Waals surface area contributed by atoms with E-state index in [1.165, 1.54) is 14.2 Å². The number of ether oxygens (including phenoxy) is 2. The van der Waals surface area contributed by atoms with Crippen LogP contribution < -0.4 is 5.32 Å². The van der Waals surface area contributed by atoms with Gasteiger partial charge in [-0.3, -0.25) is 4.79 Å². The number of methoxy groups -OCH3 is 2. The summed E-state index contributed by atoms with van der Waals surface area (Å²) in [5.41, 5.74) is 0.662. The van der Waals surface area contributed by atoms with E-state index in [2.05, 4.69) is 21.2 Å². The highest BCUT2D eigenvalue weighted by atomic mass is 79.9. The number of hydrogen-bond acceptors (Lipinski definition) is 4. The second-order valence-electron chi connectivity index (χ2n) is 3.87. The Bertz CT molecular complexity index is 577. The molecule has 2 rings (SSSR count). The molecule has 0 aliphatic heterocycles. The number of hydrogen-bond donors (Lipinski definition) is 1. The maximum atomic E-state index is 11.9. The lowest BCUT2D eigenvalue weighted by Crippen LogP contribution is -2.33. The number of rotatable bonds is 5. The summed E-state index contributed by atoms with van der Waals surface area (Å²) in [4.78, 5) is 11.9. The van der Waals surface area contributed by atoms with Crippen molar-refractivity contribution in [3.05, 3.63) is 34.5 Å². The summed E-state index contributed by atoms with van der Waals surface area (Å²) in [6.07, 6.45) is -0.472. The summed E-state index contributed by atoms with van der Waals surface area (Å²) >= 11 is 3.41. The van der Waals surface area contributed by atoms with Crippen LogP contribution in [0.1, 0.15) is 10.6 Å². The highest BCUT2D eigenvalue weighted by Gasteiger charge is 2.15. The fourth-order valence-electron chi connectivity index (χ4n) is 1.66. The Morgan fingerprint density at radius 1 is 1.42 bits per heavy atom. The number of benzene rings is 1. The molecular weight excluding hydrogens is 314 g/mol. The van der Waals surface area contributed by atoms with Crippen LogP contribution in [0.4, 0.5) is 0 Å². The molecule has 0 spiro atoms. The SMILES string of the molecule is COC(CNC(=O)c1cc2c(Br)cccc2o1)OC. The van der Waals surface area contributed by atoms with Crippen molar-refractivity contribution >= 4 is 32.8 Å². The van der Waals surface area contributed by atoms with Gasteiger partial charge in [-0.25, -0.2) is 0 Å². The first kappa shape index (κ1) is 14.0. The van der Waals surface area contributed by atoms with Gasteiger partial charge >= 0.3 is 0 Å². The zero-order valence-electron chi connectivity index (χ0n) is 10.6. The largest absolute Gasteiger partial charge is 0.451 e. The van der Waals surface area contributed by atoms with Crippen LogP contribution in [0.15, 0.2) is 33.2 Å². The molecule has 0 atom stereocenters. The summed E-state index contributed by atoms with van der Waals surface area (Å²) in [6, 6.07) is 7.25. The van der Waals surface area contributed by atoms with Gasteiger partial charge in [-0.05, 0) is 18.2 Å². The number of fused-ring (bicyclic) bond motifs is 1. The quantitative estimate of drug-likeness (QED) is 0.857. The van der Waals surface area contributed by atoms with Crippen LogP contribution in [-0.2, 0) is 9.47 Å². The van der Waals surface area contributed by atoms with Crippen LogP contribution in [0, 0.1) is 0 Å². The van der Waals surface area contributed by atoms with Gasteiger partial charge < -0.3 is 19.2 Å². The molecule has 0 unspecified atom stereocenters. The van der Waals surface area contributed by atoms with Gasteiger partial charge in [0.15, 0.2) is 12.1 Å². The van der Waals surface area contributed by atoms with Gasteiger partial charge in [-0.2, -0.15) is 0 Å². The first-order chi connectivity index (χ1) is 9.15. The molecule has 1 aromatic carbocycles. The third kappa shape index (κ3) is 3.15. The lowest BCUT2D eigenvalue weighted by atomic mass is 10.2. The van der Waals surface area contributed by atoms with E-state index in [-0.39, 0.29) is 18.2 Å². The average molecular weight is 328 g/mol. The average Bonchev–Trinajstić information content (AvgIpc) is 2.85. The van der Waals surface area contributed by atoms with Crippen LogP contribution >= 0.6 is 15.9 Å². The fraction of sp³-hybridized carbons (Fsp3) is 0.308. The van der Waals surface area contributed by atoms with E-state index in [1.807, 2.05) is 18.2 Å². The topological polar surface area (TPSA) is 60.7 Å².